The number of fused-ring (bicyclic) bond motifs is 3. The van der Waals surface area contributed by atoms with Crippen LogP contribution in [-0.2, 0) is 0 Å². The number of hydrogen-bond acceptors (Lipinski definition) is 1. The lowest BCUT2D eigenvalue weighted by atomic mass is 9.84. The third kappa shape index (κ3) is 4.56. The lowest BCUT2D eigenvalue weighted by molar-refractivity contribution is 0.633. The van der Waals surface area contributed by atoms with Crippen LogP contribution in [0.15, 0.2) is 186 Å². The van der Waals surface area contributed by atoms with Gasteiger partial charge in [-0.3, -0.25) is 0 Å². The van der Waals surface area contributed by atoms with Crippen LogP contribution >= 0.6 is 0 Å². The lowest BCUT2D eigenvalue weighted by Crippen LogP contribution is -1.92. The molecule has 0 amide bonds. The van der Waals surface area contributed by atoms with Gasteiger partial charge >= 0.3 is 0 Å². The molecule has 0 unspecified atom stereocenters. The Labute approximate surface area is 285 Å². The van der Waals surface area contributed by atoms with Gasteiger partial charge in [0.1, 0.15) is 11.3 Å². The fourth-order valence-corrected chi connectivity index (χ4v) is 6.66. The van der Waals surface area contributed by atoms with Crippen molar-refractivity contribution in [3.8, 4) is 55.8 Å². The van der Waals surface area contributed by atoms with Crippen molar-refractivity contribution in [2.24, 2.45) is 0 Å². The van der Waals surface area contributed by atoms with Crippen molar-refractivity contribution in [3.63, 3.8) is 0 Å². The van der Waals surface area contributed by atoms with Crippen LogP contribution in [0.3, 0.4) is 0 Å². The molecular weight excluding hydrogens is 569 g/mol. The van der Waals surface area contributed by atoms with Gasteiger partial charge in [-0.25, -0.2) is 0 Å². The molecular formula is C46H30O. The topological polar surface area (TPSA) is 13.1 Å². The first-order chi connectivity index (χ1) is 26.7. The van der Waals surface area contributed by atoms with E-state index in [4.69, 9.17) is 9.90 Å². The van der Waals surface area contributed by atoms with Crippen molar-refractivity contribution in [2.45, 2.75) is 0 Å². The van der Waals surface area contributed by atoms with Gasteiger partial charge in [0, 0.05) is 22.1 Å². The monoisotopic (exact) mass is 606 g/mol. The Balaban J connectivity index is 1.58. The minimum absolute atomic E-state index is 0.133. The Bertz CT molecular complexity index is 2910. The molecule has 0 aliphatic carbocycles. The summed E-state index contributed by atoms with van der Waals surface area (Å²) in [5.41, 5.74) is 6.36. The molecule has 0 aliphatic heterocycles. The average molecular weight is 607 g/mol. The van der Waals surface area contributed by atoms with Gasteiger partial charge in [-0.1, -0.05) is 170 Å². The summed E-state index contributed by atoms with van der Waals surface area (Å²) in [6.45, 7) is 0. The van der Waals surface area contributed by atoms with Crippen molar-refractivity contribution in [1.29, 1.82) is 0 Å². The van der Waals surface area contributed by atoms with E-state index in [1.807, 2.05) is 109 Å². The minimum Gasteiger partial charge on any atom is -0.455 e. The standard InChI is InChI=1S/C46H30O/c1-4-16-31(17-5-1)34-28-29-42-41(30-34)45(46(47-42)40-27-15-10-22-35(40)32-18-6-2-7-19-32)44-38-25-13-11-23-36(38)43(33-20-8-3-9-21-33)37-24-12-14-26-39(37)44/h1-30H/i11D,12D,13D,14D,23D,24D,25D,26D. The smallest absolute Gasteiger partial charge is 0.143 e. The molecule has 0 saturated carbocycles. The predicted octanol–water partition coefficient (Wildman–Crippen LogP) is 13.1. The highest BCUT2D eigenvalue weighted by Gasteiger charge is 2.25. The first kappa shape index (κ1) is 20.0. The average Bonchev–Trinajstić information content (AvgIpc) is 3.61. The van der Waals surface area contributed by atoms with E-state index in [1.54, 1.807) is 24.3 Å². The van der Waals surface area contributed by atoms with E-state index in [1.165, 1.54) is 0 Å². The van der Waals surface area contributed by atoms with Gasteiger partial charge in [0.05, 0.1) is 11.0 Å². The van der Waals surface area contributed by atoms with Crippen LogP contribution in [0.4, 0.5) is 0 Å². The van der Waals surface area contributed by atoms with Crippen LogP contribution in [0.25, 0.3) is 88.3 Å². The molecule has 220 valence electrons. The molecule has 0 N–H and O–H groups in total. The van der Waals surface area contributed by atoms with Gasteiger partial charge in [-0.2, -0.15) is 0 Å². The molecule has 1 heterocycles. The summed E-state index contributed by atoms with van der Waals surface area (Å²) in [4.78, 5) is 0. The van der Waals surface area contributed by atoms with E-state index in [0.29, 0.717) is 39.0 Å². The summed E-state index contributed by atoms with van der Waals surface area (Å²) in [6.07, 6.45) is 0. The quantitative estimate of drug-likeness (QED) is 0.178. The second-order valence-corrected chi connectivity index (χ2v) is 11.4. The van der Waals surface area contributed by atoms with Gasteiger partial charge in [0.25, 0.3) is 0 Å². The molecule has 9 aromatic rings. The maximum atomic E-state index is 9.55. The van der Waals surface area contributed by atoms with Crippen LogP contribution < -0.4 is 0 Å². The van der Waals surface area contributed by atoms with Crippen LogP contribution in [-0.4, -0.2) is 0 Å². The number of benzene rings is 8. The van der Waals surface area contributed by atoms with E-state index < -0.39 is 24.2 Å². The Kier molecular flexibility index (Phi) is 4.83. The van der Waals surface area contributed by atoms with Gasteiger partial charge in [-0.05, 0) is 67.1 Å². The summed E-state index contributed by atoms with van der Waals surface area (Å²) in [7, 11) is 0. The lowest BCUT2D eigenvalue weighted by Gasteiger charge is -2.18. The van der Waals surface area contributed by atoms with Crippen LogP contribution in [0.5, 0.6) is 0 Å². The zero-order valence-electron chi connectivity index (χ0n) is 33.1. The molecule has 9 rings (SSSR count). The highest BCUT2D eigenvalue weighted by atomic mass is 16.3. The summed E-state index contributed by atoms with van der Waals surface area (Å²) in [5, 5.41) is 1.19. The van der Waals surface area contributed by atoms with Crippen molar-refractivity contribution in [3.05, 3.63) is 182 Å². The maximum Gasteiger partial charge on any atom is 0.143 e. The molecule has 1 heteroatoms. The highest BCUT2D eigenvalue weighted by Crippen LogP contribution is 2.51. The second kappa shape index (κ2) is 11.3. The van der Waals surface area contributed by atoms with Gasteiger partial charge in [0.2, 0.25) is 0 Å². The summed E-state index contributed by atoms with van der Waals surface area (Å²) >= 11 is 0. The van der Waals surface area contributed by atoms with Crippen molar-refractivity contribution >= 4 is 32.5 Å². The summed E-state index contributed by atoms with van der Waals surface area (Å²) in [6, 6.07) is 39.2. The SMILES string of the molecule is [2H]c1c([2H])c([2H])c2c(-c3c(-c4ccccc4-c4ccccc4)oc4ccc(-c5ccccc5)cc34)c3c([2H])c([2H])c([2H])c([2H])c3c(-c3ccccc3)c2c1[2H]. The first-order valence-corrected chi connectivity index (χ1v) is 15.5. The normalized spacial score (nSPS) is 13.8. The number of hydrogen-bond donors (Lipinski definition) is 0. The molecule has 47 heavy (non-hydrogen) atoms. The zero-order chi connectivity index (χ0) is 38.1. The Morgan fingerprint density at radius 3 is 1.45 bits per heavy atom. The molecule has 0 spiro atoms. The molecule has 8 aromatic carbocycles. The number of furan rings is 1. The van der Waals surface area contributed by atoms with Gasteiger partial charge < -0.3 is 4.42 Å². The van der Waals surface area contributed by atoms with Crippen molar-refractivity contribution in [1.82, 2.24) is 0 Å². The number of rotatable bonds is 5. The van der Waals surface area contributed by atoms with Gasteiger partial charge in [-0.15, -0.1) is 0 Å². The van der Waals surface area contributed by atoms with E-state index in [0.717, 1.165) is 22.3 Å². The predicted molar refractivity (Wildman–Crippen MR) is 198 cm³/mol. The van der Waals surface area contributed by atoms with E-state index in [2.05, 4.69) is 0 Å². The molecule has 0 bridgehead atoms. The van der Waals surface area contributed by atoms with Crippen molar-refractivity contribution in [2.75, 3.05) is 0 Å². The fraction of sp³-hybridized carbons (Fsp3) is 0. The highest BCUT2D eigenvalue weighted by molar-refractivity contribution is 6.25. The largest absolute Gasteiger partial charge is 0.455 e. The Morgan fingerprint density at radius 1 is 0.362 bits per heavy atom. The van der Waals surface area contributed by atoms with Crippen LogP contribution in [0, 0.1) is 0 Å². The molecule has 0 radical (unpaired) electrons. The fourth-order valence-electron chi connectivity index (χ4n) is 6.66. The minimum atomic E-state index is -0.457. The molecule has 0 atom stereocenters. The second-order valence-electron chi connectivity index (χ2n) is 11.4. The molecule has 0 saturated heterocycles. The van der Waals surface area contributed by atoms with Gasteiger partial charge in [0.15, 0.2) is 0 Å². The zero-order valence-corrected chi connectivity index (χ0v) is 25.1. The van der Waals surface area contributed by atoms with Crippen LogP contribution in [0.1, 0.15) is 11.0 Å². The third-order valence-electron chi connectivity index (χ3n) is 8.74. The first-order valence-electron chi connectivity index (χ1n) is 19.5. The maximum absolute atomic E-state index is 9.55. The van der Waals surface area contributed by atoms with E-state index in [9.17, 15) is 5.48 Å². The van der Waals surface area contributed by atoms with E-state index >= 15 is 0 Å². The van der Waals surface area contributed by atoms with Crippen LogP contribution in [0.2, 0.25) is 0 Å². The molecule has 0 aliphatic rings. The molecule has 0 fully saturated rings. The third-order valence-corrected chi connectivity index (χ3v) is 8.74. The van der Waals surface area contributed by atoms with Crippen molar-refractivity contribution < 1.29 is 15.4 Å². The Morgan fingerprint density at radius 2 is 0.851 bits per heavy atom. The molecule has 1 aromatic heterocycles. The van der Waals surface area contributed by atoms with E-state index in [-0.39, 0.29) is 51.3 Å². The summed E-state index contributed by atoms with van der Waals surface area (Å²) in [5.74, 6) is 0.398. The summed E-state index contributed by atoms with van der Waals surface area (Å²) < 4.78 is 80.3. The molecule has 1 nitrogen and oxygen atoms in total. The Hall–Kier alpha value is -6.18.